The summed E-state index contributed by atoms with van der Waals surface area (Å²) in [5.74, 6) is -1.69. The summed E-state index contributed by atoms with van der Waals surface area (Å²) in [4.78, 5) is 0. The molecule has 3 aromatic carbocycles. The molecule has 0 atom stereocenters. The lowest BCUT2D eigenvalue weighted by molar-refractivity contribution is -0.0520. The highest BCUT2D eigenvalue weighted by atomic mass is 19.3. The highest BCUT2D eigenvalue weighted by Crippen LogP contribution is 2.32. The monoisotopic (exact) mass is 376 g/mol. The fourth-order valence-corrected chi connectivity index (χ4v) is 3.15. The highest BCUT2D eigenvalue weighted by molar-refractivity contribution is 5.89. The maximum absolute atomic E-state index is 14.6. The summed E-state index contributed by atoms with van der Waals surface area (Å²) in [6.07, 6.45) is 4.07. The Labute approximate surface area is 155 Å². The number of hydrogen-bond acceptors (Lipinski definition) is 1. The Hall–Kier alpha value is -2.56. The fourth-order valence-electron chi connectivity index (χ4n) is 3.15. The summed E-state index contributed by atoms with van der Waals surface area (Å²) >= 11 is 0. The molecular formula is C22H20F4O. The molecule has 0 N–H and O–H groups in total. The first-order chi connectivity index (χ1) is 13.0. The van der Waals surface area contributed by atoms with E-state index in [0.717, 1.165) is 37.3 Å². The van der Waals surface area contributed by atoms with Crippen molar-refractivity contribution in [1.82, 2.24) is 0 Å². The van der Waals surface area contributed by atoms with Crippen molar-refractivity contribution in [2.75, 3.05) is 0 Å². The minimum absolute atomic E-state index is 0.147. The maximum Gasteiger partial charge on any atom is 0.387 e. The fraction of sp³-hybridized carbons (Fsp3) is 0.273. The van der Waals surface area contributed by atoms with Gasteiger partial charge in [-0.05, 0) is 47.6 Å². The van der Waals surface area contributed by atoms with Crippen LogP contribution in [0.4, 0.5) is 17.6 Å². The Morgan fingerprint density at radius 3 is 2.44 bits per heavy atom. The predicted octanol–water partition coefficient (Wildman–Crippen LogP) is 7.12. The summed E-state index contributed by atoms with van der Waals surface area (Å²) in [5, 5.41) is 0.631. The van der Waals surface area contributed by atoms with Crippen LogP contribution in [0.25, 0.3) is 21.9 Å². The molecule has 3 rings (SSSR count). The average molecular weight is 376 g/mol. The van der Waals surface area contributed by atoms with Crippen molar-refractivity contribution >= 4 is 10.8 Å². The van der Waals surface area contributed by atoms with Gasteiger partial charge in [0.25, 0.3) is 0 Å². The molecule has 0 aromatic heterocycles. The molecule has 0 heterocycles. The van der Waals surface area contributed by atoms with Crippen LogP contribution in [0, 0.1) is 11.6 Å². The zero-order chi connectivity index (χ0) is 19.4. The van der Waals surface area contributed by atoms with Gasteiger partial charge in [-0.3, -0.25) is 0 Å². The van der Waals surface area contributed by atoms with E-state index in [4.69, 9.17) is 0 Å². The number of alkyl halides is 2. The molecule has 0 aliphatic carbocycles. The Balaban J connectivity index is 1.91. The highest BCUT2D eigenvalue weighted by Gasteiger charge is 2.14. The third kappa shape index (κ3) is 4.41. The van der Waals surface area contributed by atoms with E-state index in [-0.39, 0.29) is 11.2 Å². The average Bonchev–Trinajstić information content (AvgIpc) is 2.64. The summed E-state index contributed by atoms with van der Waals surface area (Å²) in [6, 6.07) is 12.5. The van der Waals surface area contributed by atoms with E-state index < -0.39 is 18.2 Å². The first kappa shape index (κ1) is 19.2. The molecule has 5 heteroatoms. The second-order valence-corrected chi connectivity index (χ2v) is 6.46. The number of unbranched alkanes of at least 4 members (excludes halogenated alkanes) is 2. The van der Waals surface area contributed by atoms with Crippen molar-refractivity contribution in [3.63, 3.8) is 0 Å². The number of ether oxygens (including phenoxy) is 1. The van der Waals surface area contributed by atoms with Crippen LogP contribution in [0.1, 0.15) is 31.7 Å². The van der Waals surface area contributed by atoms with E-state index in [9.17, 15) is 17.6 Å². The molecule has 0 aliphatic heterocycles. The van der Waals surface area contributed by atoms with E-state index in [0.29, 0.717) is 16.5 Å². The molecule has 0 amide bonds. The number of hydrogen-bond donors (Lipinski definition) is 0. The SMILES string of the molecule is CCCCCc1ccc(-c2ccc3c(F)c(OC(F)F)ccc3c2)c(F)c1. The standard InChI is InChI=1S/C22H20F4O/c1-2-3-4-5-14-6-9-17(19(23)12-14)15-7-10-18-16(13-15)8-11-20(21(18)24)27-22(25)26/h6-13,22H,2-5H2,1H3. The van der Waals surface area contributed by atoms with E-state index in [1.807, 2.05) is 6.07 Å². The van der Waals surface area contributed by atoms with Gasteiger partial charge in [-0.2, -0.15) is 8.78 Å². The van der Waals surface area contributed by atoms with Crippen molar-refractivity contribution in [2.45, 2.75) is 39.2 Å². The second-order valence-electron chi connectivity index (χ2n) is 6.46. The molecule has 3 aromatic rings. The molecule has 0 aliphatic rings. The lowest BCUT2D eigenvalue weighted by Crippen LogP contribution is -2.03. The zero-order valence-corrected chi connectivity index (χ0v) is 14.9. The third-order valence-corrected chi connectivity index (χ3v) is 4.55. The van der Waals surface area contributed by atoms with Gasteiger partial charge in [0.1, 0.15) is 5.82 Å². The predicted molar refractivity (Wildman–Crippen MR) is 99.2 cm³/mol. The van der Waals surface area contributed by atoms with Crippen LogP contribution in [0.3, 0.4) is 0 Å². The van der Waals surface area contributed by atoms with Crippen molar-refractivity contribution in [3.05, 3.63) is 65.7 Å². The van der Waals surface area contributed by atoms with Crippen LogP contribution in [-0.4, -0.2) is 6.61 Å². The van der Waals surface area contributed by atoms with Crippen molar-refractivity contribution in [3.8, 4) is 16.9 Å². The Morgan fingerprint density at radius 1 is 0.926 bits per heavy atom. The molecule has 0 bridgehead atoms. The minimum Gasteiger partial charge on any atom is -0.432 e. The van der Waals surface area contributed by atoms with E-state index in [1.165, 1.54) is 18.2 Å². The van der Waals surface area contributed by atoms with Gasteiger partial charge in [-0.25, -0.2) is 8.78 Å². The van der Waals surface area contributed by atoms with Crippen LogP contribution in [0.5, 0.6) is 5.75 Å². The van der Waals surface area contributed by atoms with Gasteiger partial charge in [0, 0.05) is 10.9 Å². The molecule has 142 valence electrons. The van der Waals surface area contributed by atoms with Crippen LogP contribution in [-0.2, 0) is 6.42 Å². The van der Waals surface area contributed by atoms with Gasteiger partial charge in [0.15, 0.2) is 11.6 Å². The number of halogens is 4. The maximum atomic E-state index is 14.6. The van der Waals surface area contributed by atoms with Gasteiger partial charge in [-0.1, -0.05) is 50.1 Å². The zero-order valence-electron chi connectivity index (χ0n) is 14.9. The second kappa shape index (κ2) is 8.42. The van der Waals surface area contributed by atoms with E-state index in [1.54, 1.807) is 18.2 Å². The first-order valence-corrected chi connectivity index (χ1v) is 8.95. The first-order valence-electron chi connectivity index (χ1n) is 8.95. The van der Waals surface area contributed by atoms with Crippen LogP contribution in [0.2, 0.25) is 0 Å². The summed E-state index contributed by atoms with van der Waals surface area (Å²) in [7, 11) is 0. The van der Waals surface area contributed by atoms with Gasteiger partial charge < -0.3 is 4.74 Å². The number of benzene rings is 3. The molecular weight excluding hydrogens is 356 g/mol. The third-order valence-electron chi connectivity index (χ3n) is 4.55. The molecule has 27 heavy (non-hydrogen) atoms. The van der Waals surface area contributed by atoms with Crippen LogP contribution >= 0.6 is 0 Å². The van der Waals surface area contributed by atoms with Crippen molar-refractivity contribution < 1.29 is 22.3 Å². The summed E-state index contributed by atoms with van der Waals surface area (Å²) in [5.41, 5.74) is 1.97. The number of aryl methyl sites for hydroxylation is 1. The molecule has 0 spiro atoms. The van der Waals surface area contributed by atoms with E-state index >= 15 is 0 Å². The Bertz CT molecular complexity index is 937. The number of rotatable bonds is 7. The van der Waals surface area contributed by atoms with Crippen molar-refractivity contribution in [1.29, 1.82) is 0 Å². The summed E-state index contributed by atoms with van der Waals surface area (Å²) < 4.78 is 57.7. The van der Waals surface area contributed by atoms with Gasteiger partial charge in [-0.15, -0.1) is 0 Å². The van der Waals surface area contributed by atoms with Gasteiger partial charge in [0.05, 0.1) is 0 Å². The lowest BCUT2D eigenvalue weighted by atomic mass is 9.98. The molecule has 1 nitrogen and oxygen atoms in total. The molecule has 0 saturated heterocycles. The normalized spacial score (nSPS) is 11.3. The quantitative estimate of drug-likeness (QED) is 0.315. The molecule has 0 radical (unpaired) electrons. The number of fused-ring (bicyclic) bond motifs is 1. The molecule has 0 unspecified atom stereocenters. The lowest BCUT2D eigenvalue weighted by Gasteiger charge is -2.10. The molecule has 0 fully saturated rings. The summed E-state index contributed by atoms with van der Waals surface area (Å²) in [6.45, 7) is -0.976. The van der Waals surface area contributed by atoms with Gasteiger partial charge in [0.2, 0.25) is 0 Å². The Morgan fingerprint density at radius 2 is 1.74 bits per heavy atom. The topological polar surface area (TPSA) is 9.23 Å². The smallest absolute Gasteiger partial charge is 0.387 e. The largest absolute Gasteiger partial charge is 0.432 e. The molecule has 0 saturated carbocycles. The van der Waals surface area contributed by atoms with Crippen LogP contribution in [0.15, 0.2) is 48.5 Å². The Kier molecular flexibility index (Phi) is 5.99. The van der Waals surface area contributed by atoms with E-state index in [2.05, 4.69) is 11.7 Å². The minimum atomic E-state index is -3.10. The van der Waals surface area contributed by atoms with Crippen molar-refractivity contribution in [2.24, 2.45) is 0 Å². The van der Waals surface area contributed by atoms with Gasteiger partial charge >= 0.3 is 6.61 Å². The van der Waals surface area contributed by atoms with Crippen LogP contribution < -0.4 is 4.74 Å².